The van der Waals surface area contributed by atoms with E-state index in [2.05, 4.69) is 31.3 Å². The Balaban J connectivity index is 3.36. The molecule has 0 aromatic heterocycles. The monoisotopic (exact) mass is 1000 g/mol. The van der Waals surface area contributed by atoms with Crippen molar-refractivity contribution in [2.45, 2.75) is 366 Å². The van der Waals surface area contributed by atoms with Crippen LogP contribution in [0.2, 0.25) is 0 Å². The quantitative estimate of drug-likeness (QED) is 0.0320. The van der Waals surface area contributed by atoms with Crippen LogP contribution < -0.4 is 5.32 Å². The van der Waals surface area contributed by atoms with Crippen molar-refractivity contribution < 1.29 is 24.5 Å². The smallest absolute Gasteiger partial charge is 0.305 e. The normalized spacial score (nSPS) is 12.7. The molecule has 0 aliphatic carbocycles. The first-order valence-electron chi connectivity index (χ1n) is 32.1. The summed E-state index contributed by atoms with van der Waals surface area (Å²) in [5, 5.41) is 23.0. The van der Waals surface area contributed by atoms with Crippen LogP contribution in [-0.2, 0) is 14.3 Å². The lowest BCUT2D eigenvalue weighted by Gasteiger charge is -2.20. The molecule has 420 valence electrons. The number of nitrogens with one attached hydrogen (secondary N) is 1. The zero-order valence-electron chi connectivity index (χ0n) is 48.0. The van der Waals surface area contributed by atoms with E-state index in [1.54, 1.807) is 6.08 Å². The van der Waals surface area contributed by atoms with Gasteiger partial charge in [-0.05, 0) is 57.8 Å². The SMILES string of the molecule is CCCCCCCCCC/C=C/C(O)C(CO)NC(=O)CCCCCCCCCCC/C=C\CCCCCCCCCCCCCCOC(=O)CCCCCCCCCCCCCCCCCCCCC. The second-order valence-electron chi connectivity index (χ2n) is 22.1. The topological polar surface area (TPSA) is 95.9 Å². The number of amides is 1. The summed E-state index contributed by atoms with van der Waals surface area (Å²) in [6.45, 7) is 4.91. The lowest BCUT2D eigenvalue weighted by molar-refractivity contribution is -0.143. The van der Waals surface area contributed by atoms with Crippen LogP contribution >= 0.6 is 0 Å². The lowest BCUT2D eigenvalue weighted by Crippen LogP contribution is -2.45. The van der Waals surface area contributed by atoms with Crippen LogP contribution in [-0.4, -0.2) is 47.4 Å². The number of rotatable bonds is 60. The maximum atomic E-state index is 12.4. The molecule has 0 saturated carbocycles. The Labute approximate surface area is 443 Å². The van der Waals surface area contributed by atoms with Crippen molar-refractivity contribution in [3.05, 3.63) is 24.3 Å². The zero-order valence-corrected chi connectivity index (χ0v) is 48.0. The summed E-state index contributed by atoms with van der Waals surface area (Å²) < 4.78 is 5.51. The molecule has 0 aromatic carbocycles. The summed E-state index contributed by atoms with van der Waals surface area (Å²) in [4.78, 5) is 24.5. The minimum atomic E-state index is -0.844. The summed E-state index contributed by atoms with van der Waals surface area (Å²) in [5.41, 5.74) is 0. The van der Waals surface area contributed by atoms with Gasteiger partial charge in [0.25, 0.3) is 0 Å². The van der Waals surface area contributed by atoms with Crippen molar-refractivity contribution in [1.29, 1.82) is 0 Å². The summed E-state index contributed by atoms with van der Waals surface area (Å²) in [6.07, 6.45) is 75.3. The Morgan fingerprint density at radius 3 is 1.00 bits per heavy atom. The number of hydrogen-bond acceptors (Lipinski definition) is 5. The van der Waals surface area contributed by atoms with E-state index in [4.69, 9.17) is 4.74 Å². The molecule has 2 unspecified atom stereocenters. The minimum absolute atomic E-state index is 0.0180. The number of unbranched alkanes of at least 4 members (excludes halogenated alkanes) is 47. The molecule has 0 aliphatic rings. The van der Waals surface area contributed by atoms with E-state index in [9.17, 15) is 19.8 Å². The van der Waals surface area contributed by atoms with Crippen molar-refractivity contribution in [2.75, 3.05) is 13.2 Å². The molecule has 1 amide bonds. The fourth-order valence-electron chi connectivity index (χ4n) is 10.0. The highest BCUT2D eigenvalue weighted by Gasteiger charge is 2.18. The van der Waals surface area contributed by atoms with E-state index < -0.39 is 12.1 Å². The lowest BCUT2D eigenvalue weighted by atomic mass is 10.0. The van der Waals surface area contributed by atoms with E-state index in [-0.39, 0.29) is 18.5 Å². The van der Waals surface area contributed by atoms with Gasteiger partial charge in [-0.15, -0.1) is 0 Å². The predicted molar refractivity (Wildman–Crippen MR) is 310 cm³/mol. The van der Waals surface area contributed by atoms with Gasteiger partial charge in [-0.2, -0.15) is 0 Å². The van der Waals surface area contributed by atoms with Crippen LogP contribution in [0, 0.1) is 0 Å². The molecule has 0 aromatic rings. The number of aliphatic hydroxyl groups excluding tert-OH is 2. The van der Waals surface area contributed by atoms with Crippen LogP contribution in [0.1, 0.15) is 354 Å². The summed E-state index contributed by atoms with van der Waals surface area (Å²) in [7, 11) is 0. The number of hydrogen-bond donors (Lipinski definition) is 3. The predicted octanol–water partition coefficient (Wildman–Crippen LogP) is 20.2. The van der Waals surface area contributed by atoms with Gasteiger partial charge in [0.05, 0.1) is 25.4 Å². The molecule has 0 fully saturated rings. The highest BCUT2D eigenvalue weighted by molar-refractivity contribution is 5.76. The first-order chi connectivity index (χ1) is 35.0. The Morgan fingerprint density at radius 1 is 0.380 bits per heavy atom. The standard InChI is InChI=1S/C65H125NO5/c1-3-5-7-9-11-13-15-16-17-18-26-30-33-36-39-43-47-51-55-59-65(70)71-60-56-52-48-44-40-37-34-31-28-25-23-21-19-20-22-24-27-29-32-35-38-42-46-50-54-58-64(69)66-62(61-67)63(68)57-53-49-45-41-14-12-10-8-6-4-2/h20,22,53,57,62-63,67-68H,3-19,21,23-52,54-56,58-61H2,1-2H3,(H,66,69)/b22-20-,57-53+. The summed E-state index contributed by atoms with van der Waals surface area (Å²) >= 11 is 0. The molecule has 0 radical (unpaired) electrons. The second-order valence-corrected chi connectivity index (χ2v) is 22.1. The van der Waals surface area contributed by atoms with E-state index in [1.807, 2.05) is 6.08 Å². The average Bonchev–Trinajstić information content (AvgIpc) is 3.37. The van der Waals surface area contributed by atoms with Gasteiger partial charge in [0, 0.05) is 12.8 Å². The molecule has 3 N–H and O–H groups in total. The largest absolute Gasteiger partial charge is 0.466 e. The fourth-order valence-corrected chi connectivity index (χ4v) is 10.0. The van der Waals surface area contributed by atoms with Gasteiger partial charge < -0.3 is 20.3 Å². The molecule has 0 saturated heterocycles. The van der Waals surface area contributed by atoms with Gasteiger partial charge in [0.2, 0.25) is 5.91 Å². The third-order valence-corrected chi connectivity index (χ3v) is 15.0. The fraction of sp³-hybridized carbons (Fsp3) is 0.908. The van der Waals surface area contributed by atoms with E-state index >= 15 is 0 Å². The van der Waals surface area contributed by atoms with Crippen LogP contribution in [0.15, 0.2) is 24.3 Å². The first kappa shape index (κ1) is 69.3. The molecule has 71 heavy (non-hydrogen) atoms. The van der Waals surface area contributed by atoms with Gasteiger partial charge in [-0.1, -0.05) is 308 Å². The van der Waals surface area contributed by atoms with Gasteiger partial charge in [-0.25, -0.2) is 0 Å². The van der Waals surface area contributed by atoms with Gasteiger partial charge in [0.15, 0.2) is 0 Å². The van der Waals surface area contributed by atoms with Crippen LogP contribution in [0.5, 0.6) is 0 Å². The highest BCUT2D eigenvalue weighted by Crippen LogP contribution is 2.18. The number of carbonyl (C=O) groups is 2. The maximum absolute atomic E-state index is 12.4. The molecule has 0 bridgehead atoms. The summed E-state index contributed by atoms with van der Waals surface area (Å²) in [6, 6.07) is -0.628. The van der Waals surface area contributed by atoms with Crippen molar-refractivity contribution >= 4 is 11.9 Å². The number of aliphatic hydroxyl groups is 2. The molecule has 0 heterocycles. The number of carbonyl (C=O) groups excluding carboxylic acids is 2. The van der Waals surface area contributed by atoms with Crippen molar-refractivity contribution in [1.82, 2.24) is 5.32 Å². The van der Waals surface area contributed by atoms with Gasteiger partial charge >= 0.3 is 5.97 Å². The molecule has 6 heteroatoms. The molecular formula is C65H125NO5. The van der Waals surface area contributed by atoms with Crippen molar-refractivity contribution in [2.24, 2.45) is 0 Å². The Kier molecular flexibility index (Phi) is 59.5. The van der Waals surface area contributed by atoms with Crippen LogP contribution in [0.3, 0.4) is 0 Å². The zero-order chi connectivity index (χ0) is 51.4. The Bertz CT molecular complexity index is 1110. The third kappa shape index (κ3) is 57.5. The number of esters is 1. The minimum Gasteiger partial charge on any atom is -0.466 e. The van der Waals surface area contributed by atoms with E-state index in [1.165, 1.54) is 289 Å². The summed E-state index contributed by atoms with van der Waals surface area (Å²) in [5.74, 6) is -0.0539. The maximum Gasteiger partial charge on any atom is 0.305 e. The molecule has 2 atom stereocenters. The molecular weight excluding hydrogens is 875 g/mol. The Hall–Kier alpha value is -1.66. The molecule has 0 spiro atoms. The van der Waals surface area contributed by atoms with E-state index in [0.29, 0.717) is 19.4 Å². The first-order valence-corrected chi connectivity index (χ1v) is 32.1. The highest BCUT2D eigenvalue weighted by atomic mass is 16.5. The van der Waals surface area contributed by atoms with E-state index in [0.717, 1.165) is 38.5 Å². The van der Waals surface area contributed by atoms with Crippen molar-refractivity contribution in [3.63, 3.8) is 0 Å². The van der Waals surface area contributed by atoms with Crippen LogP contribution in [0.25, 0.3) is 0 Å². The number of ether oxygens (including phenoxy) is 1. The Morgan fingerprint density at radius 2 is 0.662 bits per heavy atom. The van der Waals surface area contributed by atoms with Crippen LogP contribution in [0.4, 0.5) is 0 Å². The van der Waals surface area contributed by atoms with Gasteiger partial charge in [0.1, 0.15) is 0 Å². The molecule has 0 rings (SSSR count). The van der Waals surface area contributed by atoms with Gasteiger partial charge in [-0.3, -0.25) is 9.59 Å². The molecule has 0 aliphatic heterocycles. The third-order valence-electron chi connectivity index (χ3n) is 15.0. The second kappa shape index (κ2) is 60.9. The number of allylic oxidation sites excluding steroid dienone is 3. The molecule has 6 nitrogen and oxygen atoms in total. The average molecular weight is 1000 g/mol. The van der Waals surface area contributed by atoms with Crippen molar-refractivity contribution in [3.8, 4) is 0 Å².